The van der Waals surface area contributed by atoms with E-state index in [1.54, 1.807) is 6.07 Å². The van der Waals surface area contributed by atoms with Crippen LogP contribution in [0.25, 0.3) is 0 Å². The van der Waals surface area contributed by atoms with E-state index in [-0.39, 0.29) is 16.6 Å². The molecule has 0 aromatic heterocycles. The molecule has 3 N–H and O–H groups in total. The maximum Gasteiger partial charge on any atom is 0.288 e. The minimum Gasteiger partial charge on any atom is -0.391 e. The van der Waals surface area contributed by atoms with Crippen LogP contribution in [0.2, 0.25) is 5.02 Å². The Morgan fingerprint density at radius 2 is 2.06 bits per heavy atom. The van der Waals surface area contributed by atoms with Crippen LogP contribution in [0.5, 0.6) is 0 Å². The molecule has 0 spiro atoms. The van der Waals surface area contributed by atoms with Gasteiger partial charge in [-0.1, -0.05) is 31.5 Å². The number of nitrogens with two attached hydrogens (primary N) is 1. The molecule has 2 atom stereocenters. The fourth-order valence-electron chi connectivity index (χ4n) is 1.49. The van der Waals surface area contributed by atoms with Gasteiger partial charge in [0.25, 0.3) is 5.69 Å². The summed E-state index contributed by atoms with van der Waals surface area (Å²) in [6.45, 7) is 3.66. The van der Waals surface area contributed by atoms with Gasteiger partial charge in [-0.05, 0) is 17.5 Å². The van der Waals surface area contributed by atoms with Crippen molar-refractivity contribution in [3.8, 4) is 0 Å². The molecular weight excluding hydrogens is 244 g/mol. The summed E-state index contributed by atoms with van der Waals surface area (Å²) in [5.74, 6) is -0.0280. The zero-order valence-electron chi connectivity index (χ0n) is 9.63. The first kappa shape index (κ1) is 13.9. The van der Waals surface area contributed by atoms with Gasteiger partial charge in [0.15, 0.2) is 0 Å². The lowest BCUT2D eigenvalue weighted by molar-refractivity contribution is -0.384. The van der Waals surface area contributed by atoms with Crippen molar-refractivity contribution in [2.75, 3.05) is 0 Å². The van der Waals surface area contributed by atoms with Crippen LogP contribution in [0.15, 0.2) is 18.2 Å². The number of nitro groups is 1. The van der Waals surface area contributed by atoms with E-state index in [1.807, 2.05) is 13.8 Å². The Kier molecular flexibility index (Phi) is 4.45. The molecule has 1 rings (SSSR count). The molecule has 0 heterocycles. The second kappa shape index (κ2) is 5.44. The van der Waals surface area contributed by atoms with Crippen LogP contribution in [0.3, 0.4) is 0 Å². The standard InChI is InChI=1S/C11H15ClN2O3/c1-6(2)11(15)10(13)7-3-4-8(12)9(5-7)14(16)17/h3-6,10-11,15H,13H2,1-2H3/t10-,11+/m1/s1. The molecule has 0 radical (unpaired) electrons. The molecule has 0 aliphatic heterocycles. The Hall–Kier alpha value is -1.17. The van der Waals surface area contributed by atoms with Crippen molar-refractivity contribution in [3.63, 3.8) is 0 Å². The lowest BCUT2D eigenvalue weighted by Crippen LogP contribution is -2.30. The number of benzene rings is 1. The largest absolute Gasteiger partial charge is 0.391 e. The SMILES string of the molecule is CC(C)[C@H](O)[C@H](N)c1ccc(Cl)c([N+](=O)[O-])c1. The number of aliphatic hydroxyl groups is 1. The second-order valence-corrected chi connectivity index (χ2v) is 4.64. The number of aliphatic hydroxyl groups excluding tert-OH is 1. The lowest BCUT2D eigenvalue weighted by atomic mass is 9.94. The predicted molar refractivity (Wildman–Crippen MR) is 65.9 cm³/mol. The average molecular weight is 259 g/mol. The van der Waals surface area contributed by atoms with Gasteiger partial charge < -0.3 is 10.8 Å². The van der Waals surface area contributed by atoms with Crippen LogP contribution < -0.4 is 5.73 Å². The first-order chi connectivity index (χ1) is 7.84. The Morgan fingerprint density at radius 1 is 1.47 bits per heavy atom. The van der Waals surface area contributed by atoms with Gasteiger partial charge in [0.2, 0.25) is 0 Å². The number of halogens is 1. The zero-order chi connectivity index (χ0) is 13.2. The molecule has 0 unspecified atom stereocenters. The van der Waals surface area contributed by atoms with Crippen LogP contribution in [0.1, 0.15) is 25.5 Å². The van der Waals surface area contributed by atoms with Crippen molar-refractivity contribution in [3.05, 3.63) is 38.9 Å². The van der Waals surface area contributed by atoms with Crippen LogP contribution in [-0.4, -0.2) is 16.1 Å². The van der Waals surface area contributed by atoms with E-state index in [1.165, 1.54) is 12.1 Å². The summed E-state index contributed by atoms with van der Waals surface area (Å²) < 4.78 is 0. The highest BCUT2D eigenvalue weighted by molar-refractivity contribution is 6.32. The minimum absolute atomic E-state index is 0.0280. The van der Waals surface area contributed by atoms with Gasteiger partial charge in [-0.15, -0.1) is 0 Å². The van der Waals surface area contributed by atoms with E-state index in [9.17, 15) is 15.2 Å². The summed E-state index contributed by atoms with van der Waals surface area (Å²) in [7, 11) is 0. The van der Waals surface area contributed by atoms with Gasteiger partial charge in [-0.25, -0.2) is 0 Å². The molecule has 6 heteroatoms. The van der Waals surface area contributed by atoms with Crippen LogP contribution in [0.4, 0.5) is 5.69 Å². The normalized spacial score (nSPS) is 14.7. The lowest BCUT2D eigenvalue weighted by Gasteiger charge is -2.22. The van der Waals surface area contributed by atoms with Crippen LogP contribution in [-0.2, 0) is 0 Å². The number of nitrogens with zero attached hydrogens (tertiary/aromatic N) is 1. The topological polar surface area (TPSA) is 89.4 Å². The van der Waals surface area contributed by atoms with Crippen LogP contribution in [0, 0.1) is 16.0 Å². The van der Waals surface area contributed by atoms with Gasteiger partial charge in [-0.2, -0.15) is 0 Å². The monoisotopic (exact) mass is 258 g/mol. The highest BCUT2D eigenvalue weighted by Crippen LogP contribution is 2.29. The molecule has 1 aromatic rings. The van der Waals surface area contributed by atoms with Gasteiger partial charge in [0, 0.05) is 6.07 Å². The quantitative estimate of drug-likeness (QED) is 0.640. The Balaban J connectivity index is 3.07. The fraction of sp³-hybridized carbons (Fsp3) is 0.455. The van der Waals surface area contributed by atoms with E-state index >= 15 is 0 Å². The van der Waals surface area contributed by atoms with Crippen molar-refractivity contribution >= 4 is 17.3 Å². The van der Waals surface area contributed by atoms with Crippen molar-refractivity contribution in [1.82, 2.24) is 0 Å². The average Bonchev–Trinajstić information content (AvgIpc) is 2.27. The molecule has 0 saturated carbocycles. The summed E-state index contributed by atoms with van der Waals surface area (Å²) in [6, 6.07) is 3.65. The van der Waals surface area contributed by atoms with Gasteiger partial charge in [0.05, 0.1) is 17.1 Å². The first-order valence-corrected chi connectivity index (χ1v) is 5.60. The summed E-state index contributed by atoms with van der Waals surface area (Å²) in [6.07, 6.45) is -0.754. The van der Waals surface area contributed by atoms with Crippen molar-refractivity contribution in [1.29, 1.82) is 0 Å². The Bertz CT molecular complexity index is 423. The third-order valence-corrected chi connectivity index (χ3v) is 2.92. The minimum atomic E-state index is -0.754. The van der Waals surface area contributed by atoms with Gasteiger partial charge in [-0.3, -0.25) is 10.1 Å². The fourth-order valence-corrected chi connectivity index (χ4v) is 1.68. The predicted octanol–water partition coefficient (Wildman–Crippen LogP) is 2.26. The summed E-state index contributed by atoms with van der Waals surface area (Å²) in [5.41, 5.74) is 6.15. The van der Waals surface area contributed by atoms with E-state index in [2.05, 4.69) is 0 Å². The van der Waals surface area contributed by atoms with Crippen LogP contribution >= 0.6 is 11.6 Å². The molecule has 0 amide bonds. The molecule has 17 heavy (non-hydrogen) atoms. The highest BCUT2D eigenvalue weighted by atomic mass is 35.5. The molecule has 0 saturated heterocycles. The maximum atomic E-state index is 10.7. The first-order valence-electron chi connectivity index (χ1n) is 5.22. The van der Waals surface area contributed by atoms with Crippen molar-refractivity contribution in [2.45, 2.75) is 26.0 Å². The summed E-state index contributed by atoms with van der Waals surface area (Å²) >= 11 is 5.69. The van der Waals surface area contributed by atoms with Gasteiger partial charge in [0.1, 0.15) is 5.02 Å². The molecule has 0 fully saturated rings. The van der Waals surface area contributed by atoms with E-state index in [0.29, 0.717) is 5.56 Å². The van der Waals surface area contributed by atoms with E-state index < -0.39 is 17.1 Å². The number of hydrogen-bond donors (Lipinski definition) is 2. The van der Waals surface area contributed by atoms with Crippen molar-refractivity contribution in [2.24, 2.45) is 11.7 Å². The molecule has 0 bridgehead atoms. The molecule has 0 aliphatic carbocycles. The number of hydrogen-bond acceptors (Lipinski definition) is 4. The summed E-state index contributed by atoms with van der Waals surface area (Å²) in [5, 5.41) is 20.6. The van der Waals surface area contributed by atoms with E-state index in [0.717, 1.165) is 0 Å². The summed E-state index contributed by atoms with van der Waals surface area (Å²) in [4.78, 5) is 10.1. The number of nitro benzene ring substituents is 1. The maximum absolute atomic E-state index is 10.7. The number of rotatable bonds is 4. The van der Waals surface area contributed by atoms with E-state index in [4.69, 9.17) is 17.3 Å². The van der Waals surface area contributed by atoms with Crippen molar-refractivity contribution < 1.29 is 10.0 Å². The smallest absolute Gasteiger partial charge is 0.288 e. The Morgan fingerprint density at radius 3 is 2.53 bits per heavy atom. The molecule has 5 nitrogen and oxygen atoms in total. The third-order valence-electron chi connectivity index (χ3n) is 2.60. The molecule has 1 aromatic carbocycles. The molecule has 0 aliphatic rings. The Labute approximate surface area is 104 Å². The molecule has 94 valence electrons. The van der Waals surface area contributed by atoms with Gasteiger partial charge >= 0.3 is 0 Å². The third kappa shape index (κ3) is 3.15. The second-order valence-electron chi connectivity index (χ2n) is 4.23. The zero-order valence-corrected chi connectivity index (χ0v) is 10.4. The molecular formula is C11H15ClN2O3. The highest BCUT2D eigenvalue weighted by Gasteiger charge is 2.23.